The molecule has 1 aliphatic heterocycles. The van der Waals surface area contributed by atoms with Crippen molar-refractivity contribution in [3.63, 3.8) is 0 Å². The lowest BCUT2D eigenvalue weighted by Gasteiger charge is -2.38. The number of nitrogens with zero attached hydrogens (tertiary/aromatic N) is 1. The van der Waals surface area contributed by atoms with Gasteiger partial charge in [-0.2, -0.15) is 0 Å². The van der Waals surface area contributed by atoms with Gasteiger partial charge in [0.25, 0.3) is 5.69 Å². The second-order valence-corrected chi connectivity index (χ2v) is 6.83. The van der Waals surface area contributed by atoms with Crippen molar-refractivity contribution in [2.45, 2.75) is 18.4 Å². The number of nitro benzene ring substituents is 1. The lowest BCUT2D eigenvalue weighted by molar-refractivity contribution is -0.385. The third-order valence-electron chi connectivity index (χ3n) is 5.08. The largest absolute Gasteiger partial charge is 0.494 e. The fourth-order valence-electron chi connectivity index (χ4n) is 3.92. The highest BCUT2D eigenvalue weighted by Crippen LogP contribution is 2.53. The normalized spacial score (nSPS) is 23.5. The molecule has 1 N–H and O–H groups in total. The number of allylic oxidation sites excluding steroid dienone is 2. The molecule has 0 amide bonds. The van der Waals surface area contributed by atoms with Gasteiger partial charge < -0.3 is 10.1 Å². The van der Waals surface area contributed by atoms with E-state index in [1.165, 1.54) is 13.2 Å². The minimum Gasteiger partial charge on any atom is -0.494 e. The average Bonchev–Trinajstić information content (AvgIpc) is 3.10. The van der Waals surface area contributed by atoms with E-state index < -0.39 is 0 Å². The van der Waals surface area contributed by atoms with Crippen LogP contribution in [0.3, 0.4) is 0 Å². The molecule has 0 saturated carbocycles. The zero-order chi connectivity index (χ0) is 17.6. The number of benzene rings is 2. The van der Waals surface area contributed by atoms with E-state index in [4.69, 9.17) is 16.3 Å². The van der Waals surface area contributed by atoms with E-state index in [-0.39, 0.29) is 22.6 Å². The Hall–Kier alpha value is -2.53. The molecule has 1 aliphatic carbocycles. The summed E-state index contributed by atoms with van der Waals surface area (Å²) in [7, 11) is 1.54. The number of methoxy groups -OCH3 is 1. The Morgan fingerprint density at radius 3 is 2.72 bits per heavy atom. The van der Waals surface area contributed by atoms with Gasteiger partial charge in [-0.25, -0.2) is 0 Å². The predicted molar refractivity (Wildman–Crippen MR) is 97.5 cm³/mol. The number of non-ortho nitro benzene ring substituents is 1. The number of hydrogen-bond acceptors (Lipinski definition) is 4. The quantitative estimate of drug-likeness (QED) is 0.473. The zero-order valence-electron chi connectivity index (χ0n) is 13.6. The molecule has 0 spiro atoms. The van der Waals surface area contributed by atoms with Crippen LogP contribution in [0, 0.1) is 16.0 Å². The van der Waals surface area contributed by atoms with Crippen LogP contribution in [-0.4, -0.2) is 12.0 Å². The SMILES string of the molecule is COc1cc([N+](=O)[O-])cc2c1N[C@H](c1ccc(Cl)cc1)[C@@H]1CC=C[C@@H]21. The molecule has 6 heteroatoms. The van der Waals surface area contributed by atoms with Gasteiger partial charge in [0.05, 0.1) is 29.8 Å². The maximum Gasteiger partial charge on any atom is 0.273 e. The van der Waals surface area contributed by atoms with E-state index >= 15 is 0 Å². The summed E-state index contributed by atoms with van der Waals surface area (Å²) in [6, 6.07) is 11.1. The van der Waals surface area contributed by atoms with Gasteiger partial charge in [-0.05, 0) is 35.6 Å². The van der Waals surface area contributed by atoms with Crippen molar-refractivity contribution in [1.82, 2.24) is 0 Å². The van der Waals surface area contributed by atoms with Gasteiger partial charge in [0.1, 0.15) is 5.75 Å². The van der Waals surface area contributed by atoms with Crippen molar-refractivity contribution < 1.29 is 9.66 Å². The van der Waals surface area contributed by atoms with Crippen LogP contribution in [0.2, 0.25) is 5.02 Å². The molecule has 4 rings (SSSR count). The first-order valence-corrected chi connectivity index (χ1v) is 8.51. The van der Waals surface area contributed by atoms with Crippen LogP contribution in [0.5, 0.6) is 5.75 Å². The number of halogens is 1. The summed E-state index contributed by atoms with van der Waals surface area (Å²) in [6.07, 6.45) is 5.23. The molecular formula is C19H17ClN2O3. The maximum absolute atomic E-state index is 11.3. The Kier molecular flexibility index (Phi) is 3.88. The standard InChI is InChI=1S/C19H17ClN2O3/c1-25-17-10-13(22(23)24)9-16-14-3-2-4-15(14)18(21-19(16)17)11-5-7-12(20)8-6-11/h2-3,5-10,14-15,18,21H,4H2,1H3/t14-,15-,18-/m1/s1. The Balaban J connectivity index is 1.84. The summed E-state index contributed by atoms with van der Waals surface area (Å²) in [4.78, 5) is 10.9. The molecule has 0 unspecified atom stereocenters. The average molecular weight is 357 g/mol. The smallest absolute Gasteiger partial charge is 0.273 e. The van der Waals surface area contributed by atoms with Crippen LogP contribution in [0.1, 0.15) is 29.5 Å². The van der Waals surface area contributed by atoms with Crippen molar-refractivity contribution in [2.75, 3.05) is 12.4 Å². The third-order valence-corrected chi connectivity index (χ3v) is 5.33. The van der Waals surface area contributed by atoms with Gasteiger partial charge in [-0.1, -0.05) is 35.9 Å². The van der Waals surface area contributed by atoms with Crippen molar-refractivity contribution >= 4 is 23.0 Å². The van der Waals surface area contributed by atoms with Crippen molar-refractivity contribution in [3.05, 3.63) is 74.8 Å². The first-order chi connectivity index (χ1) is 12.1. The molecule has 2 aromatic rings. The van der Waals surface area contributed by atoms with Crippen molar-refractivity contribution in [2.24, 2.45) is 5.92 Å². The second kappa shape index (κ2) is 6.08. The Morgan fingerprint density at radius 1 is 1.28 bits per heavy atom. The Bertz CT molecular complexity index is 864. The minimum absolute atomic E-state index is 0.0568. The topological polar surface area (TPSA) is 64.4 Å². The van der Waals surface area contributed by atoms with Crippen LogP contribution in [0.4, 0.5) is 11.4 Å². The van der Waals surface area contributed by atoms with Crippen LogP contribution < -0.4 is 10.1 Å². The molecule has 25 heavy (non-hydrogen) atoms. The van der Waals surface area contributed by atoms with E-state index in [0.29, 0.717) is 16.7 Å². The van der Waals surface area contributed by atoms with Gasteiger partial charge in [-0.3, -0.25) is 10.1 Å². The van der Waals surface area contributed by atoms with Crippen molar-refractivity contribution in [3.8, 4) is 5.75 Å². The van der Waals surface area contributed by atoms with E-state index in [9.17, 15) is 10.1 Å². The number of ether oxygens (including phenoxy) is 1. The molecular weight excluding hydrogens is 340 g/mol. The van der Waals surface area contributed by atoms with E-state index in [1.807, 2.05) is 24.3 Å². The molecule has 3 atom stereocenters. The summed E-state index contributed by atoms with van der Waals surface area (Å²) < 4.78 is 5.44. The van der Waals surface area contributed by atoms with Crippen LogP contribution >= 0.6 is 11.6 Å². The molecule has 0 radical (unpaired) electrons. The van der Waals surface area contributed by atoms with E-state index in [2.05, 4.69) is 17.5 Å². The van der Waals surface area contributed by atoms with Crippen LogP contribution in [-0.2, 0) is 0 Å². The molecule has 0 bridgehead atoms. The second-order valence-electron chi connectivity index (χ2n) is 6.40. The number of nitro groups is 1. The van der Waals surface area contributed by atoms with E-state index in [0.717, 1.165) is 23.2 Å². The number of anilines is 1. The zero-order valence-corrected chi connectivity index (χ0v) is 14.4. The van der Waals surface area contributed by atoms with Gasteiger partial charge in [0.2, 0.25) is 0 Å². The molecule has 128 valence electrons. The molecule has 2 aliphatic rings. The Morgan fingerprint density at radius 2 is 2.04 bits per heavy atom. The third kappa shape index (κ3) is 2.65. The lowest BCUT2D eigenvalue weighted by atomic mass is 9.76. The molecule has 0 saturated heterocycles. The molecule has 1 heterocycles. The van der Waals surface area contributed by atoms with Gasteiger partial charge in [-0.15, -0.1) is 0 Å². The maximum atomic E-state index is 11.3. The fraction of sp³-hybridized carbons (Fsp3) is 0.263. The summed E-state index contributed by atoms with van der Waals surface area (Å²) in [5, 5.41) is 15.5. The highest BCUT2D eigenvalue weighted by Gasteiger charge is 2.40. The van der Waals surface area contributed by atoms with Crippen LogP contribution in [0.25, 0.3) is 0 Å². The number of nitrogens with one attached hydrogen (secondary N) is 1. The van der Waals surface area contributed by atoms with Gasteiger partial charge in [0.15, 0.2) is 0 Å². The van der Waals surface area contributed by atoms with Gasteiger partial charge in [0, 0.05) is 17.0 Å². The molecule has 2 aromatic carbocycles. The highest BCUT2D eigenvalue weighted by atomic mass is 35.5. The minimum atomic E-state index is -0.373. The predicted octanol–water partition coefficient (Wildman–Crippen LogP) is 5.08. The monoisotopic (exact) mass is 356 g/mol. The summed E-state index contributed by atoms with van der Waals surface area (Å²) in [5.74, 6) is 0.938. The summed E-state index contributed by atoms with van der Waals surface area (Å²) in [6.45, 7) is 0. The Labute approximate surface area is 150 Å². The molecule has 5 nitrogen and oxygen atoms in total. The molecule has 0 fully saturated rings. The fourth-order valence-corrected chi connectivity index (χ4v) is 4.04. The van der Waals surface area contributed by atoms with Gasteiger partial charge >= 0.3 is 0 Å². The number of rotatable bonds is 3. The van der Waals surface area contributed by atoms with Crippen molar-refractivity contribution in [1.29, 1.82) is 0 Å². The summed E-state index contributed by atoms with van der Waals surface area (Å²) in [5.41, 5.74) is 2.96. The van der Waals surface area contributed by atoms with Crippen LogP contribution in [0.15, 0.2) is 48.6 Å². The summed E-state index contributed by atoms with van der Waals surface area (Å²) >= 11 is 6.02. The molecule has 0 aromatic heterocycles. The lowest BCUT2D eigenvalue weighted by Crippen LogP contribution is -2.29. The van der Waals surface area contributed by atoms with E-state index in [1.54, 1.807) is 6.07 Å². The highest BCUT2D eigenvalue weighted by molar-refractivity contribution is 6.30. The first-order valence-electron chi connectivity index (χ1n) is 8.13. The number of hydrogen-bond donors (Lipinski definition) is 1. The first kappa shape index (κ1) is 16.0. The number of fused-ring (bicyclic) bond motifs is 3.